The average molecular weight is 368 g/mol. The number of benzene rings is 2. The molecule has 3 aromatic rings. The first-order valence-electron chi connectivity index (χ1n) is 8.10. The van der Waals surface area contributed by atoms with Crippen molar-refractivity contribution in [2.45, 2.75) is 6.54 Å². The largest absolute Gasteiger partial charge is 0.486 e. The number of nitrogens with one attached hydrogen (secondary N) is 2. The molecule has 0 radical (unpaired) electrons. The molecule has 4 rings (SSSR count). The van der Waals surface area contributed by atoms with Crippen LogP contribution in [0.2, 0.25) is 0 Å². The van der Waals surface area contributed by atoms with E-state index in [1.54, 1.807) is 0 Å². The van der Waals surface area contributed by atoms with E-state index in [2.05, 4.69) is 20.8 Å². The molecular formula is C18H16N4O3S. The van der Waals surface area contributed by atoms with Crippen LogP contribution in [0, 0.1) is 0 Å². The number of fused-ring (bicyclic) bond motifs is 1. The Hall–Kier alpha value is -3.13. The lowest BCUT2D eigenvalue weighted by Gasteiger charge is -2.19. The SMILES string of the molecule is S=C(NCc1nc(-c2ccccc2)no1)Nc1ccc2c(c1)OCCO2. The molecule has 0 aliphatic carbocycles. The summed E-state index contributed by atoms with van der Waals surface area (Å²) in [7, 11) is 0. The number of aromatic nitrogens is 2. The lowest BCUT2D eigenvalue weighted by Crippen LogP contribution is -2.28. The second-order valence-electron chi connectivity index (χ2n) is 5.54. The van der Waals surface area contributed by atoms with Crippen LogP contribution >= 0.6 is 12.2 Å². The molecule has 1 aromatic heterocycles. The van der Waals surface area contributed by atoms with E-state index in [-0.39, 0.29) is 0 Å². The number of hydrogen-bond donors (Lipinski definition) is 2. The molecule has 2 aromatic carbocycles. The van der Waals surface area contributed by atoms with Gasteiger partial charge in [-0.15, -0.1) is 0 Å². The number of anilines is 1. The summed E-state index contributed by atoms with van der Waals surface area (Å²) in [6.45, 7) is 1.44. The Kier molecular flexibility index (Phi) is 4.65. The van der Waals surface area contributed by atoms with Crippen LogP contribution in [-0.2, 0) is 6.54 Å². The molecule has 2 N–H and O–H groups in total. The molecule has 0 saturated carbocycles. The average Bonchev–Trinajstić information content (AvgIpc) is 3.16. The highest BCUT2D eigenvalue weighted by molar-refractivity contribution is 7.80. The van der Waals surface area contributed by atoms with Crippen LogP contribution in [0.3, 0.4) is 0 Å². The zero-order valence-corrected chi connectivity index (χ0v) is 14.6. The van der Waals surface area contributed by atoms with Crippen molar-refractivity contribution in [3.05, 3.63) is 54.4 Å². The second-order valence-corrected chi connectivity index (χ2v) is 5.95. The second kappa shape index (κ2) is 7.40. The summed E-state index contributed by atoms with van der Waals surface area (Å²) >= 11 is 5.31. The molecule has 1 aliphatic heterocycles. The summed E-state index contributed by atoms with van der Waals surface area (Å²) in [6, 6.07) is 15.2. The molecule has 0 atom stereocenters. The van der Waals surface area contributed by atoms with Crippen LogP contribution in [0.25, 0.3) is 11.4 Å². The van der Waals surface area contributed by atoms with Gasteiger partial charge in [-0.1, -0.05) is 35.5 Å². The first-order chi connectivity index (χ1) is 12.8. The molecule has 26 heavy (non-hydrogen) atoms. The van der Waals surface area contributed by atoms with Gasteiger partial charge >= 0.3 is 0 Å². The van der Waals surface area contributed by atoms with E-state index >= 15 is 0 Å². The normalized spacial score (nSPS) is 12.5. The van der Waals surface area contributed by atoms with E-state index < -0.39 is 0 Å². The number of ether oxygens (including phenoxy) is 2. The Labute approximate surface area is 155 Å². The van der Waals surface area contributed by atoms with Crippen LogP contribution in [0.1, 0.15) is 5.89 Å². The first-order valence-corrected chi connectivity index (χ1v) is 8.51. The first kappa shape index (κ1) is 16.3. The fourth-order valence-electron chi connectivity index (χ4n) is 2.48. The van der Waals surface area contributed by atoms with Gasteiger partial charge in [0.25, 0.3) is 0 Å². The van der Waals surface area contributed by atoms with Crippen LogP contribution in [0.4, 0.5) is 5.69 Å². The smallest absolute Gasteiger partial charge is 0.246 e. The van der Waals surface area contributed by atoms with Crippen LogP contribution in [0.5, 0.6) is 11.5 Å². The zero-order valence-electron chi connectivity index (χ0n) is 13.8. The van der Waals surface area contributed by atoms with Gasteiger partial charge in [0.1, 0.15) is 13.2 Å². The Bertz CT molecular complexity index is 914. The molecule has 0 amide bonds. The topological polar surface area (TPSA) is 81.4 Å². The molecule has 7 nitrogen and oxygen atoms in total. The Morgan fingerprint density at radius 2 is 1.85 bits per heavy atom. The van der Waals surface area contributed by atoms with Crippen LogP contribution in [-0.4, -0.2) is 28.5 Å². The highest BCUT2D eigenvalue weighted by Gasteiger charge is 2.12. The van der Waals surface area contributed by atoms with Crippen molar-refractivity contribution in [2.75, 3.05) is 18.5 Å². The van der Waals surface area contributed by atoms with E-state index in [0.717, 1.165) is 17.0 Å². The fraction of sp³-hybridized carbons (Fsp3) is 0.167. The van der Waals surface area contributed by atoms with Crippen LogP contribution in [0.15, 0.2) is 53.1 Å². The van der Waals surface area contributed by atoms with Gasteiger partial charge < -0.3 is 24.6 Å². The maximum atomic E-state index is 5.56. The monoisotopic (exact) mass is 368 g/mol. The third-order valence-electron chi connectivity index (χ3n) is 3.70. The molecule has 132 valence electrons. The quantitative estimate of drug-likeness (QED) is 0.680. The highest BCUT2D eigenvalue weighted by Crippen LogP contribution is 2.32. The number of rotatable bonds is 4. The third kappa shape index (κ3) is 3.75. The minimum absolute atomic E-state index is 0.330. The summed E-state index contributed by atoms with van der Waals surface area (Å²) in [5, 5.41) is 10.6. The van der Waals surface area contributed by atoms with Gasteiger partial charge in [-0.2, -0.15) is 4.98 Å². The summed E-state index contributed by atoms with van der Waals surface area (Å²) in [4.78, 5) is 4.35. The summed E-state index contributed by atoms with van der Waals surface area (Å²) in [6.07, 6.45) is 0. The highest BCUT2D eigenvalue weighted by atomic mass is 32.1. The van der Waals surface area contributed by atoms with Gasteiger partial charge in [-0.25, -0.2) is 0 Å². The van der Waals surface area contributed by atoms with Crippen molar-refractivity contribution in [1.29, 1.82) is 0 Å². The predicted octanol–water partition coefficient (Wildman–Crippen LogP) is 2.99. The van der Waals surface area contributed by atoms with E-state index in [0.29, 0.717) is 42.3 Å². The zero-order chi connectivity index (χ0) is 17.8. The molecule has 0 bridgehead atoms. The van der Waals surface area contributed by atoms with Gasteiger partial charge in [0.05, 0.1) is 6.54 Å². The molecule has 0 saturated heterocycles. The number of hydrogen-bond acceptors (Lipinski definition) is 6. The van der Waals surface area contributed by atoms with Gasteiger partial charge in [0, 0.05) is 17.3 Å². The third-order valence-corrected chi connectivity index (χ3v) is 3.95. The van der Waals surface area contributed by atoms with Crippen molar-refractivity contribution >= 4 is 23.0 Å². The van der Waals surface area contributed by atoms with E-state index in [1.165, 1.54) is 0 Å². The van der Waals surface area contributed by atoms with E-state index in [1.807, 2.05) is 48.5 Å². The summed E-state index contributed by atoms with van der Waals surface area (Å²) < 4.78 is 16.3. The maximum absolute atomic E-state index is 5.56. The minimum Gasteiger partial charge on any atom is -0.486 e. The molecule has 1 aliphatic rings. The van der Waals surface area contributed by atoms with Crippen molar-refractivity contribution in [3.8, 4) is 22.9 Å². The molecule has 0 fully saturated rings. The number of nitrogens with zero attached hydrogens (tertiary/aromatic N) is 2. The van der Waals surface area contributed by atoms with E-state index in [9.17, 15) is 0 Å². The van der Waals surface area contributed by atoms with Crippen molar-refractivity contribution in [1.82, 2.24) is 15.5 Å². The lowest BCUT2D eigenvalue weighted by atomic mass is 10.2. The molecular weight excluding hydrogens is 352 g/mol. The maximum Gasteiger partial charge on any atom is 0.246 e. The predicted molar refractivity (Wildman–Crippen MR) is 100 cm³/mol. The van der Waals surface area contributed by atoms with Crippen molar-refractivity contribution in [2.24, 2.45) is 0 Å². The lowest BCUT2D eigenvalue weighted by molar-refractivity contribution is 0.171. The van der Waals surface area contributed by atoms with Gasteiger partial charge in [-0.3, -0.25) is 0 Å². The van der Waals surface area contributed by atoms with Gasteiger partial charge in [-0.05, 0) is 24.4 Å². The van der Waals surface area contributed by atoms with E-state index in [4.69, 9.17) is 26.2 Å². The Morgan fingerprint density at radius 3 is 2.69 bits per heavy atom. The Balaban J connectivity index is 1.34. The number of thiocarbonyl (C=S) groups is 1. The summed E-state index contributed by atoms with van der Waals surface area (Å²) in [5.41, 5.74) is 1.71. The van der Waals surface area contributed by atoms with Gasteiger partial charge in [0.15, 0.2) is 16.6 Å². The molecule has 2 heterocycles. The van der Waals surface area contributed by atoms with Gasteiger partial charge in [0.2, 0.25) is 11.7 Å². The molecule has 0 unspecified atom stereocenters. The minimum atomic E-state index is 0.330. The van der Waals surface area contributed by atoms with Crippen LogP contribution < -0.4 is 20.1 Å². The van der Waals surface area contributed by atoms with Crippen molar-refractivity contribution < 1.29 is 14.0 Å². The van der Waals surface area contributed by atoms with Crippen molar-refractivity contribution in [3.63, 3.8) is 0 Å². The summed E-state index contributed by atoms with van der Waals surface area (Å²) in [5.74, 6) is 2.44. The standard InChI is InChI=1S/C18H16N4O3S/c26-18(20-13-6-7-14-15(10-13)24-9-8-23-14)19-11-16-21-17(22-25-16)12-4-2-1-3-5-12/h1-7,10H,8-9,11H2,(H2,19,20,26). The Morgan fingerprint density at radius 1 is 1.04 bits per heavy atom. The molecule has 8 heteroatoms. The fourth-order valence-corrected chi connectivity index (χ4v) is 2.67. The molecule has 0 spiro atoms.